The monoisotopic (exact) mass is 476 g/mol. The smallest absolute Gasteiger partial charge is 0.257 e. The van der Waals surface area contributed by atoms with Gasteiger partial charge in [-0.25, -0.2) is 8.42 Å². The lowest BCUT2D eigenvalue weighted by atomic mass is 10.2. The predicted octanol–water partition coefficient (Wildman–Crippen LogP) is 2.87. The van der Waals surface area contributed by atoms with Crippen molar-refractivity contribution in [1.29, 1.82) is 0 Å². The lowest BCUT2D eigenvalue weighted by Gasteiger charge is -2.21. The molecule has 0 unspecified atom stereocenters. The van der Waals surface area contributed by atoms with Crippen molar-refractivity contribution in [2.75, 3.05) is 33.4 Å². The van der Waals surface area contributed by atoms with E-state index < -0.39 is 10.0 Å². The number of rotatable bonds is 9. The van der Waals surface area contributed by atoms with Gasteiger partial charge in [0.1, 0.15) is 0 Å². The first-order chi connectivity index (χ1) is 15.5. The average Bonchev–Trinajstić information content (AvgIpc) is 3.58. The number of hydrogen-bond acceptors (Lipinski definition) is 8. The Morgan fingerprint density at radius 2 is 1.94 bits per heavy atom. The van der Waals surface area contributed by atoms with Crippen molar-refractivity contribution in [2.24, 2.45) is 0 Å². The van der Waals surface area contributed by atoms with Gasteiger partial charge in [-0.15, -0.1) is 21.5 Å². The summed E-state index contributed by atoms with van der Waals surface area (Å²) >= 11 is 1.49. The van der Waals surface area contributed by atoms with Crippen molar-refractivity contribution in [3.05, 3.63) is 53.2 Å². The molecular weight excluding hydrogens is 452 g/mol. The van der Waals surface area contributed by atoms with Crippen LogP contribution in [0.4, 0.5) is 0 Å². The van der Waals surface area contributed by atoms with Crippen LogP contribution in [0.1, 0.15) is 29.1 Å². The minimum absolute atomic E-state index is 0.119. The Kier molecular flexibility index (Phi) is 6.99. The number of aromatic nitrogens is 2. The van der Waals surface area contributed by atoms with Gasteiger partial charge in [0, 0.05) is 32.3 Å². The van der Waals surface area contributed by atoms with Crippen molar-refractivity contribution >= 4 is 27.3 Å². The fourth-order valence-electron chi connectivity index (χ4n) is 3.46. The molecule has 3 aromatic rings. The Morgan fingerprint density at radius 1 is 1.19 bits per heavy atom. The number of benzene rings is 1. The van der Waals surface area contributed by atoms with Crippen molar-refractivity contribution in [3.8, 4) is 10.8 Å². The van der Waals surface area contributed by atoms with E-state index in [-0.39, 0.29) is 17.3 Å². The summed E-state index contributed by atoms with van der Waals surface area (Å²) in [5.41, 5.74) is 0.375. The summed E-state index contributed by atoms with van der Waals surface area (Å²) in [5, 5.41) is 10.0. The number of ether oxygens (including phenoxy) is 1. The first-order valence-corrected chi connectivity index (χ1v) is 12.6. The normalized spacial score (nSPS) is 14.7. The third-order valence-electron chi connectivity index (χ3n) is 5.18. The van der Waals surface area contributed by atoms with Gasteiger partial charge < -0.3 is 14.1 Å². The number of nitrogens with zero attached hydrogens (tertiary/aromatic N) is 4. The van der Waals surface area contributed by atoms with Crippen molar-refractivity contribution in [2.45, 2.75) is 24.3 Å². The first-order valence-electron chi connectivity index (χ1n) is 10.2. The molecule has 0 spiro atoms. The number of carbonyl (C=O) groups excluding carboxylic acids is 1. The maximum absolute atomic E-state index is 13.1. The van der Waals surface area contributed by atoms with Crippen LogP contribution < -0.4 is 0 Å². The summed E-state index contributed by atoms with van der Waals surface area (Å²) in [7, 11) is -1.97. The largest absolute Gasteiger partial charge is 0.418 e. The van der Waals surface area contributed by atoms with Crippen LogP contribution in [0.25, 0.3) is 10.8 Å². The van der Waals surface area contributed by atoms with Gasteiger partial charge in [-0.2, -0.15) is 4.31 Å². The molecule has 0 saturated carbocycles. The lowest BCUT2D eigenvalue weighted by molar-refractivity contribution is 0.0663. The van der Waals surface area contributed by atoms with Gasteiger partial charge >= 0.3 is 0 Å². The Hall–Kier alpha value is -2.60. The summed E-state index contributed by atoms with van der Waals surface area (Å²) in [5.74, 6) is 0.444. The van der Waals surface area contributed by atoms with Crippen LogP contribution >= 0.6 is 11.3 Å². The molecule has 0 bridgehead atoms. The molecule has 11 heteroatoms. The predicted molar refractivity (Wildman–Crippen MR) is 119 cm³/mol. The molecule has 3 heterocycles. The highest BCUT2D eigenvalue weighted by Gasteiger charge is 2.27. The zero-order chi connectivity index (χ0) is 22.6. The molecule has 1 saturated heterocycles. The molecule has 0 radical (unpaired) electrons. The average molecular weight is 477 g/mol. The van der Waals surface area contributed by atoms with E-state index >= 15 is 0 Å². The lowest BCUT2D eigenvalue weighted by Crippen LogP contribution is -2.33. The topological polar surface area (TPSA) is 106 Å². The fraction of sp³-hybridized carbons (Fsp3) is 0.381. The number of hydrogen-bond donors (Lipinski definition) is 0. The van der Waals surface area contributed by atoms with Gasteiger partial charge in [-0.1, -0.05) is 6.07 Å². The molecule has 4 rings (SSSR count). The maximum Gasteiger partial charge on any atom is 0.257 e. The molecule has 1 aromatic carbocycles. The molecule has 1 amide bonds. The van der Waals surface area contributed by atoms with E-state index in [4.69, 9.17) is 9.15 Å². The molecule has 1 aliphatic heterocycles. The van der Waals surface area contributed by atoms with E-state index in [1.807, 2.05) is 17.5 Å². The van der Waals surface area contributed by atoms with E-state index in [1.54, 1.807) is 12.0 Å². The Balaban J connectivity index is 1.50. The standard InChI is InChI=1S/C21H24N4O5S2/c1-29-13-12-24(15-19-22-23-20(30-19)18-5-4-14-31-18)21(26)16-6-8-17(9-7-16)32(27,28)25-10-2-3-11-25/h4-9,14H,2-3,10-13,15H2,1H3. The van der Waals surface area contributed by atoms with Crippen LogP contribution in [-0.4, -0.2) is 67.1 Å². The SMILES string of the molecule is COCCN(Cc1nnc(-c2cccs2)o1)C(=O)c1ccc(S(=O)(=O)N2CCCC2)cc1. The van der Waals surface area contributed by atoms with Crippen LogP contribution in [0.3, 0.4) is 0 Å². The molecular formula is C21H24N4O5S2. The Bertz CT molecular complexity index is 1140. The third kappa shape index (κ3) is 4.90. The van der Waals surface area contributed by atoms with Crippen LogP contribution in [0.5, 0.6) is 0 Å². The van der Waals surface area contributed by atoms with Crippen LogP contribution in [-0.2, 0) is 21.3 Å². The van der Waals surface area contributed by atoms with Crippen LogP contribution in [0.15, 0.2) is 51.1 Å². The molecule has 1 fully saturated rings. The van der Waals surface area contributed by atoms with E-state index in [2.05, 4.69) is 10.2 Å². The molecule has 2 aromatic heterocycles. The Labute approximate surface area is 190 Å². The van der Waals surface area contributed by atoms with Crippen LogP contribution in [0.2, 0.25) is 0 Å². The molecule has 0 N–H and O–H groups in total. The summed E-state index contributed by atoms with van der Waals surface area (Å²) in [6, 6.07) is 9.82. The minimum Gasteiger partial charge on any atom is -0.418 e. The van der Waals surface area contributed by atoms with E-state index in [9.17, 15) is 13.2 Å². The van der Waals surface area contributed by atoms with Gasteiger partial charge in [-0.05, 0) is 48.6 Å². The second kappa shape index (κ2) is 9.90. The quantitative estimate of drug-likeness (QED) is 0.467. The summed E-state index contributed by atoms with van der Waals surface area (Å²) in [6.45, 7) is 1.84. The highest BCUT2D eigenvalue weighted by atomic mass is 32.2. The molecule has 0 atom stereocenters. The molecule has 170 valence electrons. The highest BCUT2D eigenvalue weighted by Crippen LogP contribution is 2.24. The van der Waals surface area contributed by atoms with E-state index in [1.165, 1.54) is 39.9 Å². The number of thiophene rings is 1. The van der Waals surface area contributed by atoms with Gasteiger partial charge in [0.25, 0.3) is 11.8 Å². The summed E-state index contributed by atoms with van der Waals surface area (Å²) in [4.78, 5) is 15.7. The number of amides is 1. The molecule has 32 heavy (non-hydrogen) atoms. The zero-order valence-corrected chi connectivity index (χ0v) is 19.3. The van der Waals surface area contributed by atoms with E-state index in [0.29, 0.717) is 43.6 Å². The van der Waals surface area contributed by atoms with E-state index in [0.717, 1.165) is 17.7 Å². The summed E-state index contributed by atoms with van der Waals surface area (Å²) in [6.07, 6.45) is 1.74. The molecule has 1 aliphatic rings. The van der Waals surface area contributed by atoms with Crippen molar-refractivity contribution < 1.29 is 22.4 Å². The second-order valence-corrected chi connectivity index (χ2v) is 10.2. The molecule has 9 nitrogen and oxygen atoms in total. The number of sulfonamides is 1. The number of methoxy groups -OCH3 is 1. The van der Waals surface area contributed by atoms with Crippen LogP contribution in [0, 0.1) is 0 Å². The maximum atomic E-state index is 13.1. The highest BCUT2D eigenvalue weighted by molar-refractivity contribution is 7.89. The fourth-order valence-corrected chi connectivity index (χ4v) is 5.63. The Morgan fingerprint density at radius 3 is 2.59 bits per heavy atom. The minimum atomic E-state index is -3.53. The van der Waals surface area contributed by atoms with Crippen molar-refractivity contribution in [3.63, 3.8) is 0 Å². The number of carbonyl (C=O) groups is 1. The van der Waals surface area contributed by atoms with Gasteiger partial charge in [0.15, 0.2) is 0 Å². The van der Waals surface area contributed by atoms with Crippen molar-refractivity contribution in [1.82, 2.24) is 19.4 Å². The second-order valence-electron chi connectivity index (χ2n) is 7.33. The zero-order valence-electron chi connectivity index (χ0n) is 17.6. The van der Waals surface area contributed by atoms with Gasteiger partial charge in [0.05, 0.1) is 22.9 Å². The first kappa shape index (κ1) is 22.6. The summed E-state index contributed by atoms with van der Waals surface area (Å²) < 4.78 is 37.8. The molecule has 0 aliphatic carbocycles. The van der Waals surface area contributed by atoms with Gasteiger partial charge in [-0.3, -0.25) is 4.79 Å². The third-order valence-corrected chi connectivity index (χ3v) is 7.95. The van der Waals surface area contributed by atoms with Gasteiger partial charge in [0.2, 0.25) is 15.9 Å².